The molecule has 0 saturated carbocycles. The number of fused-ring (bicyclic) bond motifs is 2. The molecule has 138 valence electrons. The number of para-hydroxylation sites is 1. The Labute approximate surface area is 155 Å². The number of urea groups is 1. The van der Waals surface area contributed by atoms with Crippen LogP contribution in [0.2, 0.25) is 0 Å². The van der Waals surface area contributed by atoms with Crippen LogP contribution in [0.1, 0.15) is 22.3 Å². The second-order valence-corrected chi connectivity index (χ2v) is 6.48. The number of amides is 3. The number of ketones is 1. The van der Waals surface area contributed by atoms with Crippen LogP contribution in [0, 0.1) is 0 Å². The first-order chi connectivity index (χ1) is 13.0. The fourth-order valence-corrected chi connectivity index (χ4v) is 3.55. The summed E-state index contributed by atoms with van der Waals surface area (Å²) in [5.74, 6) is 0.334. The Balaban J connectivity index is 1.62. The molecule has 7 nitrogen and oxygen atoms in total. The number of hydrogen-bond acceptors (Lipinski definition) is 5. The zero-order valence-corrected chi connectivity index (χ0v) is 14.7. The quantitative estimate of drug-likeness (QED) is 0.662. The van der Waals surface area contributed by atoms with E-state index >= 15 is 0 Å². The Morgan fingerprint density at radius 2 is 2.04 bits per heavy atom. The predicted octanol–water partition coefficient (Wildman–Crippen LogP) is 2.11. The molecule has 1 atom stereocenters. The van der Waals surface area contributed by atoms with E-state index in [9.17, 15) is 14.4 Å². The maximum absolute atomic E-state index is 13.2. The third-order valence-electron chi connectivity index (χ3n) is 4.95. The van der Waals surface area contributed by atoms with E-state index < -0.39 is 17.5 Å². The molecule has 7 heteroatoms. The first-order valence-electron chi connectivity index (χ1n) is 8.59. The van der Waals surface area contributed by atoms with E-state index in [1.54, 1.807) is 42.5 Å². The van der Waals surface area contributed by atoms with Crippen LogP contribution in [-0.4, -0.2) is 42.9 Å². The molecule has 0 bridgehead atoms. The van der Waals surface area contributed by atoms with Gasteiger partial charge in [-0.1, -0.05) is 30.3 Å². The van der Waals surface area contributed by atoms with Crippen molar-refractivity contribution in [2.24, 2.45) is 0 Å². The number of ether oxygens (including phenoxy) is 2. The predicted molar refractivity (Wildman–Crippen MR) is 95.8 cm³/mol. The van der Waals surface area contributed by atoms with Crippen LogP contribution in [0.3, 0.4) is 0 Å². The molecule has 0 aliphatic carbocycles. The van der Waals surface area contributed by atoms with Crippen molar-refractivity contribution < 1.29 is 23.9 Å². The average Bonchev–Trinajstić information content (AvgIpc) is 2.93. The number of carbonyl (C=O) groups is 3. The fraction of sp³-hybridized carbons (Fsp3) is 0.250. The van der Waals surface area contributed by atoms with Crippen LogP contribution < -0.4 is 14.8 Å². The molecule has 2 aromatic rings. The number of imide groups is 1. The molecule has 2 aromatic carbocycles. The minimum atomic E-state index is -1.18. The maximum atomic E-state index is 13.2. The molecule has 4 rings (SSSR count). The van der Waals surface area contributed by atoms with E-state index in [0.717, 1.165) is 4.90 Å². The minimum Gasteiger partial charge on any atom is -0.497 e. The van der Waals surface area contributed by atoms with E-state index in [2.05, 4.69) is 5.32 Å². The van der Waals surface area contributed by atoms with Gasteiger partial charge in [-0.3, -0.25) is 14.5 Å². The summed E-state index contributed by atoms with van der Waals surface area (Å²) < 4.78 is 10.7. The smallest absolute Gasteiger partial charge is 0.325 e. The number of nitrogens with one attached hydrogen (secondary N) is 1. The van der Waals surface area contributed by atoms with Gasteiger partial charge in [0.2, 0.25) is 0 Å². The van der Waals surface area contributed by atoms with E-state index in [1.807, 2.05) is 6.07 Å². The van der Waals surface area contributed by atoms with Gasteiger partial charge < -0.3 is 14.8 Å². The summed E-state index contributed by atoms with van der Waals surface area (Å²) in [4.78, 5) is 39.3. The topological polar surface area (TPSA) is 84.9 Å². The molecule has 2 heterocycles. The van der Waals surface area contributed by atoms with Crippen LogP contribution in [-0.2, 0) is 10.3 Å². The molecule has 0 radical (unpaired) electrons. The van der Waals surface area contributed by atoms with Gasteiger partial charge in [0, 0.05) is 17.5 Å². The van der Waals surface area contributed by atoms with Gasteiger partial charge in [-0.25, -0.2) is 4.79 Å². The lowest BCUT2D eigenvalue weighted by Crippen LogP contribution is -2.47. The SMILES string of the molecule is COc1cccc(C(=O)CN2C(=O)N[C@@]3(CCOc4ccccc43)C2=O)c1. The Hall–Kier alpha value is -3.35. The highest BCUT2D eigenvalue weighted by molar-refractivity contribution is 6.11. The van der Waals surface area contributed by atoms with Gasteiger partial charge >= 0.3 is 6.03 Å². The second-order valence-electron chi connectivity index (χ2n) is 6.48. The molecule has 1 spiro atoms. The van der Waals surface area contributed by atoms with Gasteiger partial charge in [-0.2, -0.15) is 0 Å². The van der Waals surface area contributed by atoms with Crippen molar-refractivity contribution in [1.29, 1.82) is 0 Å². The number of nitrogens with zero attached hydrogens (tertiary/aromatic N) is 1. The Morgan fingerprint density at radius 1 is 1.22 bits per heavy atom. The molecule has 0 aromatic heterocycles. The number of carbonyl (C=O) groups excluding carboxylic acids is 3. The van der Waals surface area contributed by atoms with Crippen molar-refractivity contribution >= 4 is 17.7 Å². The zero-order chi connectivity index (χ0) is 19.0. The lowest BCUT2D eigenvalue weighted by molar-refractivity contribution is -0.132. The van der Waals surface area contributed by atoms with Crippen LogP contribution in [0.25, 0.3) is 0 Å². The summed E-state index contributed by atoms with van der Waals surface area (Å²) in [5.41, 5.74) is -0.185. The summed E-state index contributed by atoms with van der Waals surface area (Å²) in [7, 11) is 1.51. The van der Waals surface area contributed by atoms with Crippen LogP contribution in [0.4, 0.5) is 4.79 Å². The number of methoxy groups -OCH3 is 1. The summed E-state index contributed by atoms with van der Waals surface area (Å²) in [6.07, 6.45) is 0.318. The Morgan fingerprint density at radius 3 is 2.85 bits per heavy atom. The fourth-order valence-electron chi connectivity index (χ4n) is 3.55. The van der Waals surface area contributed by atoms with Crippen molar-refractivity contribution in [2.75, 3.05) is 20.3 Å². The molecule has 2 aliphatic rings. The second kappa shape index (κ2) is 6.42. The average molecular weight is 366 g/mol. The van der Waals surface area contributed by atoms with Gasteiger partial charge in [-0.15, -0.1) is 0 Å². The van der Waals surface area contributed by atoms with E-state index in [-0.39, 0.29) is 12.3 Å². The molecule has 1 N–H and O–H groups in total. The van der Waals surface area contributed by atoms with Crippen molar-refractivity contribution in [1.82, 2.24) is 10.2 Å². The standard InChI is InChI=1S/C20H18N2O5/c1-26-14-6-4-5-13(11-14)16(23)12-22-18(24)20(21-19(22)25)9-10-27-17-8-3-2-7-15(17)20/h2-8,11H,9-10,12H2,1H3,(H,21,25)/t20-/m1/s1. The Bertz CT molecular complexity index is 941. The third kappa shape index (κ3) is 2.71. The molecule has 3 amide bonds. The van der Waals surface area contributed by atoms with E-state index in [1.165, 1.54) is 7.11 Å². The molecule has 2 aliphatic heterocycles. The van der Waals surface area contributed by atoms with Gasteiger partial charge in [0.15, 0.2) is 11.3 Å². The van der Waals surface area contributed by atoms with Crippen LogP contribution in [0.15, 0.2) is 48.5 Å². The Kier molecular flexibility index (Phi) is 4.07. The highest BCUT2D eigenvalue weighted by Gasteiger charge is 2.55. The van der Waals surface area contributed by atoms with Gasteiger partial charge in [0.25, 0.3) is 5.91 Å². The summed E-state index contributed by atoms with van der Waals surface area (Å²) >= 11 is 0. The molecule has 27 heavy (non-hydrogen) atoms. The molecular formula is C20H18N2O5. The highest BCUT2D eigenvalue weighted by Crippen LogP contribution is 2.40. The minimum absolute atomic E-state index is 0.306. The molecule has 1 saturated heterocycles. The van der Waals surface area contributed by atoms with E-state index in [0.29, 0.717) is 35.7 Å². The normalized spacial score (nSPS) is 20.9. The molecule has 0 unspecified atom stereocenters. The first-order valence-corrected chi connectivity index (χ1v) is 8.59. The van der Waals surface area contributed by atoms with Gasteiger partial charge in [0.05, 0.1) is 20.3 Å². The number of Topliss-reactive ketones (excluding diaryl/α,β-unsaturated/α-hetero) is 1. The summed E-state index contributed by atoms with van der Waals surface area (Å²) in [6, 6.07) is 13.2. The summed E-state index contributed by atoms with van der Waals surface area (Å²) in [5, 5.41) is 2.79. The number of benzene rings is 2. The number of hydrogen-bond donors (Lipinski definition) is 1. The monoisotopic (exact) mass is 366 g/mol. The zero-order valence-electron chi connectivity index (χ0n) is 14.7. The van der Waals surface area contributed by atoms with Gasteiger partial charge in [0.1, 0.15) is 11.5 Å². The first kappa shape index (κ1) is 17.1. The van der Waals surface area contributed by atoms with Crippen LogP contribution in [0.5, 0.6) is 11.5 Å². The van der Waals surface area contributed by atoms with E-state index in [4.69, 9.17) is 9.47 Å². The summed E-state index contributed by atoms with van der Waals surface area (Å²) in [6.45, 7) is -0.0245. The lowest BCUT2D eigenvalue weighted by Gasteiger charge is -2.33. The van der Waals surface area contributed by atoms with Crippen molar-refractivity contribution in [3.8, 4) is 11.5 Å². The molecule has 1 fully saturated rings. The van der Waals surface area contributed by atoms with Crippen molar-refractivity contribution in [3.63, 3.8) is 0 Å². The maximum Gasteiger partial charge on any atom is 0.325 e. The van der Waals surface area contributed by atoms with Crippen LogP contribution >= 0.6 is 0 Å². The van der Waals surface area contributed by atoms with Gasteiger partial charge in [-0.05, 0) is 18.2 Å². The number of rotatable bonds is 4. The highest BCUT2D eigenvalue weighted by atomic mass is 16.5. The lowest BCUT2D eigenvalue weighted by atomic mass is 9.84. The van der Waals surface area contributed by atoms with Crippen molar-refractivity contribution in [3.05, 3.63) is 59.7 Å². The largest absolute Gasteiger partial charge is 0.497 e. The molecular weight excluding hydrogens is 348 g/mol. The van der Waals surface area contributed by atoms with Crippen molar-refractivity contribution in [2.45, 2.75) is 12.0 Å². The third-order valence-corrected chi connectivity index (χ3v) is 4.95.